The van der Waals surface area contributed by atoms with E-state index in [0.29, 0.717) is 0 Å². The van der Waals surface area contributed by atoms with Crippen molar-refractivity contribution in [2.45, 2.75) is 19.0 Å². The van der Waals surface area contributed by atoms with Crippen LogP contribution < -0.4 is 10.6 Å². The van der Waals surface area contributed by atoms with Crippen LogP contribution in [-0.2, 0) is 0 Å². The number of hydrogen-bond acceptors (Lipinski definition) is 3. The molecule has 4 nitrogen and oxygen atoms in total. The number of nitrogens with zero attached hydrogens (tertiary/aromatic N) is 1. The first kappa shape index (κ1) is 14.3. The molecule has 0 radical (unpaired) electrons. The molecule has 0 aliphatic carbocycles. The molecule has 7 heteroatoms. The van der Waals surface area contributed by atoms with Crippen LogP contribution in [0.25, 0.3) is 0 Å². The highest BCUT2D eigenvalue weighted by Gasteiger charge is 2.26. The fraction of sp³-hybridized carbons (Fsp3) is 0.455. The zero-order valence-electron chi connectivity index (χ0n) is 9.84. The van der Waals surface area contributed by atoms with Gasteiger partial charge in [-0.1, -0.05) is 0 Å². The van der Waals surface area contributed by atoms with E-state index in [9.17, 15) is 18.0 Å². The quantitative estimate of drug-likeness (QED) is 0.799. The molecule has 1 aromatic heterocycles. The van der Waals surface area contributed by atoms with Gasteiger partial charge in [-0.05, 0) is 18.6 Å². The van der Waals surface area contributed by atoms with Crippen molar-refractivity contribution < 1.29 is 18.0 Å². The van der Waals surface area contributed by atoms with Gasteiger partial charge in [-0.2, -0.15) is 13.2 Å². The Kier molecular flexibility index (Phi) is 4.94. The summed E-state index contributed by atoms with van der Waals surface area (Å²) in [5.41, 5.74) is 0.935. The molecule has 0 saturated heterocycles. The molecule has 0 saturated carbocycles. The van der Waals surface area contributed by atoms with Crippen LogP contribution >= 0.6 is 0 Å². The summed E-state index contributed by atoms with van der Waals surface area (Å²) in [6.45, 7) is -0.0200. The standard InChI is InChI=1S/C11H14F3N3O/c1-15-8-3-4-9(17-7-8)10(18)16-6-2-5-11(12,13)14/h3-4,7,15H,2,5-6H2,1H3,(H,16,18). The second kappa shape index (κ2) is 6.23. The van der Waals surface area contributed by atoms with E-state index in [1.54, 1.807) is 13.1 Å². The summed E-state index contributed by atoms with van der Waals surface area (Å²) in [7, 11) is 1.72. The Hall–Kier alpha value is -1.79. The molecule has 0 unspecified atom stereocenters. The third kappa shape index (κ3) is 5.03. The maximum atomic E-state index is 11.9. The number of carbonyl (C=O) groups is 1. The molecular weight excluding hydrogens is 247 g/mol. The van der Waals surface area contributed by atoms with Crippen molar-refractivity contribution in [1.82, 2.24) is 10.3 Å². The molecule has 1 heterocycles. The van der Waals surface area contributed by atoms with E-state index >= 15 is 0 Å². The first-order valence-corrected chi connectivity index (χ1v) is 5.41. The number of anilines is 1. The number of pyridine rings is 1. The highest BCUT2D eigenvalue weighted by Crippen LogP contribution is 2.20. The Morgan fingerprint density at radius 3 is 2.61 bits per heavy atom. The van der Waals surface area contributed by atoms with E-state index in [4.69, 9.17) is 0 Å². The lowest BCUT2D eigenvalue weighted by Gasteiger charge is -2.07. The van der Waals surface area contributed by atoms with Crippen LogP contribution in [0, 0.1) is 0 Å². The van der Waals surface area contributed by atoms with E-state index < -0.39 is 18.5 Å². The van der Waals surface area contributed by atoms with Gasteiger partial charge >= 0.3 is 6.18 Å². The molecule has 0 spiro atoms. The van der Waals surface area contributed by atoms with Crippen molar-refractivity contribution in [1.29, 1.82) is 0 Å². The SMILES string of the molecule is CNc1ccc(C(=O)NCCCC(F)(F)F)nc1. The van der Waals surface area contributed by atoms with Crippen LogP contribution in [0.3, 0.4) is 0 Å². The van der Waals surface area contributed by atoms with Gasteiger partial charge in [0.2, 0.25) is 0 Å². The molecule has 0 aromatic carbocycles. The Morgan fingerprint density at radius 2 is 2.11 bits per heavy atom. The number of amides is 1. The summed E-state index contributed by atoms with van der Waals surface area (Å²) < 4.78 is 35.6. The second-order valence-corrected chi connectivity index (χ2v) is 3.66. The molecule has 1 aromatic rings. The van der Waals surface area contributed by atoms with Crippen LogP contribution in [0.2, 0.25) is 0 Å². The summed E-state index contributed by atoms with van der Waals surface area (Å²) in [6, 6.07) is 3.17. The van der Waals surface area contributed by atoms with E-state index in [0.717, 1.165) is 5.69 Å². The first-order chi connectivity index (χ1) is 8.42. The predicted molar refractivity (Wildman–Crippen MR) is 61.4 cm³/mol. The molecular formula is C11H14F3N3O. The molecule has 2 N–H and O–H groups in total. The fourth-order valence-corrected chi connectivity index (χ4v) is 1.26. The van der Waals surface area contributed by atoms with Crippen LogP contribution in [-0.4, -0.2) is 30.7 Å². The van der Waals surface area contributed by atoms with E-state index in [2.05, 4.69) is 15.6 Å². The zero-order valence-corrected chi connectivity index (χ0v) is 9.84. The molecule has 1 rings (SSSR count). The van der Waals surface area contributed by atoms with Gasteiger partial charge in [-0.15, -0.1) is 0 Å². The molecule has 0 atom stereocenters. The molecule has 1 amide bonds. The van der Waals surface area contributed by atoms with Crippen molar-refractivity contribution >= 4 is 11.6 Å². The lowest BCUT2D eigenvalue weighted by atomic mass is 10.3. The number of halogens is 3. The Bertz CT molecular complexity index is 390. The Balaban J connectivity index is 2.36. The fourth-order valence-electron chi connectivity index (χ4n) is 1.26. The summed E-state index contributed by atoms with van der Waals surface area (Å²) in [4.78, 5) is 15.4. The van der Waals surface area contributed by atoms with Gasteiger partial charge in [0.05, 0.1) is 11.9 Å². The van der Waals surface area contributed by atoms with Gasteiger partial charge < -0.3 is 10.6 Å². The smallest absolute Gasteiger partial charge is 0.387 e. The largest absolute Gasteiger partial charge is 0.389 e. The number of rotatable bonds is 5. The maximum Gasteiger partial charge on any atom is 0.389 e. The van der Waals surface area contributed by atoms with E-state index in [-0.39, 0.29) is 18.7 Å². The lowest BCUT2D eigenvalue weighted by Crippen LogP contribution is -2.26. The number of aromatic nitrogens is 1. The van der Waals surface area contributed by atoms with Gasteiger partial charge in [-0.3, -0.25) is 4.79 Å². The molecule has 100 valence electrons. The number of alkyl halides is 3. The summed E-state index contributed by atoms with van der Waals surface area (Å²) in [6.07, 6.45) is -3.74. The lowest BCUT2D eigenvalue weighted by molar-refractivity contribution is -0.135. The van der Waals surface area contributed by atoms with Crippen LogP contribution in [0.5, 0.6) is 0 Å². The van der Waals surface area contributed by atoms with Gasteiger partial charge in [0.1, 0.15) is 5.69 Å². The number of carbonyl (C=O) groups excluding carboxylic acids is 1. The number of nitrogens with one attached hydrogen (secondary N) is 2. The van der Waals surface area contributed by atoms with E-state index in [1.165, 1.54) is 12.3 Å². The first-order valence-electron chi connectivity index (χ1n) is 5.41. The molecule has 18 heavy (non-hydrogen) atoms. The van der Waals surface area contributed by atoms with E-state index in [1.807, 2.05) is 0 Å². The molecule has 0 aliphatic heterocycles. The van der Waals surface area contributed by atoms with Gasteiger partial charge in [0, 0.05) is 20.0 Å². The average Bonchev–Trinajstić information content (AvgIpc) is 2.33. The van der Waals surface area contributed by atoms with Gasteiger partial charge in [-0.25, -0.2) is 4.98 Å². The Labute approximate surface area is 103 Å². The van der Waals surface area contributed by atoms with Crippen molar-refractivity contribution in [3.8, 4) is 0 Å². The third-order valence-corrected chi connectivity index (χ3v) is 2.21. The minimum absolute atomic E-state index is 0.0200. The van der Waals surface area contributed by atoms with Crippen LogP contribution in [0.1, 0.15) is 23.3 Å². The van der Waals surface area contributed by atoms with Gasteiger partial charge in [0.15, 0.2) is 0 Å². The molecule has 0 aliphatic rings. The summed E-state index contributed by atoms with van der Waals surface area (Å²) in [5.74, 6) is -0.472. The second-order valence-electron chi connectivity index (χ2n) is 3.66. The topological polar surface area (TPSA) is 54.0 Å². The van der Waals surface area contributed by atoms with Crippen molar-refractivity contribution in [3.05, 3.63) is 24.0 Å². The minimum Gasteiger partial charge on any atom is -0.387 e. The molecule has 0 bridgehead atoms. The summed E-state index contributed by atoms with van der Waals surface area (Å²) >= 11 is 0. The average molecular weight is 261 g/mol. The van der Waals surface area contributed by atoms with Crippen LogP contribution in [0.15, 0.2) is 18.3 Å². The predicted octanol–water partition coefficient (Wildman–Crippen LogP) is 2.20. The highest BCUT2D eigenvalue weighted by molar-refractivity contribution is 5.92. The maximum absolute atomic E-state index is 11.9. The molecule has 0 fully saturated rings. The van der Waals surface area contributed by atoms with Crippen molar-refractivity contribution in [2.75, 3.05) is 18.9 Å². The van der Waals surface area contributed by atoms with Crippen molar-refractivity contribution in [2.24, 2.45) is 0 Å². The monoisotopic (exact) mass is 261 g/mol. The Morgan fingerprint density at radius 1 is 1.39 bits per heavy atom. The zero-order chi connectivity index (χ0) is 13.6. The number of hydrogen-bond donors (Lipinski definition) is 2. The normalized spacial score (nSPS) is 11.1. The van der Waals surface area contributed by atoms with Crippen LogP contribution in [0.4, 0.5) is 18.9 Å². The summed E-state index contributed by atoms with van der Waals surface area (Å²) in [5, 5.41) is 5.23. The van der Waals surface area contributed by atoms with Gasteiger partial charge in [0.25, 0.3) is 5.91 Å². The van der Waals surface area contributed by atoms with Crippen molar-refractivity contribution in [3.63, 3.8) is 0 Å². The third-order valence-electron chi connectivity index (χ3n) is 2.21. The minimum atomic E-state index is -4.18. The highest BCUT2D eigenvalue weighted by atomic mass is 19.4.